The van der Waals surface area contributed by atoms with Crippen molar-refractivity contribution in [2.75, 3.05) is 19.8 Å². The van der Waals surface area contributed by atoms with Crippen LogP contribution in [0, 0.1) is 5.82 Å². The molecule has 0 aliphatic heterocycles. The molecule has 84 valence electrons. The summed E-state index contributed by atoms with van der Waals surface area (Å²) in [6.07, 6.45) is 0. The van der Waals surface area contributed by atoms with E-state index in [-0.39, 0.29) is 10.2 Å². The van der Waals surface area contributed by atoms with Crippen molar-refractivity contribution in [2.45, 2.75) is 4.90 Å². The van der Waals surface area contributed by atoms with Gasteiger partial charge < -0.3 is 5.73 Å². The molecule has 0 aliphatic rings. The lowest BCUT2D eigenvalue weighted by molar-refractivity contribution is 0.507. The van der Waals surface area contributed by atoms with E-state index in [4.69, 9.17) is 5.73 Å². The van der Waals surface area contributed by atoms with Gasteiger partial charge in [-0.3, -0.25) is 0 Å². The fourth-order valence-electron chi connectivity index (χ4n) is 0.968. The van der Waals surface area contributed by atoms with E-state index in [1.807, 2.05) is 0 Å². The molecule has 0 saturated carbocycles. The summed E-state index contributed by atoms with van der Waals surface area (Å²) in [5.74, 6) is -0.835. The Labute approximate surface area is 96.1 Å². The summed E-state index contributed by atoms with van der Waals surface area (Å²) in [5.41, 5.74) is 5.63. The van der Waals surface area contributed by atoms with E-state index in [2.05, 4.69) is 15.9 Å². The van der Waals surface area contributed by atoms with Crippen LogP contribution >= 0.6 is 15.9 Å². The predicted molar refractivity (Wildman–Crippen MR) is 59.4 cm³/mol. The van der Waals surface area contributed by atoms with Gasteiger partial charge in [0.25, 0.3) is 0 Å². The predicted octanol–water partition coefficient (Wildman–Crippen LogP) is 1.42. The van der Waals surface area contributed by atoms with Gasteiger partial charge in [0.1, 0.15) is 4.90 Å². The average molecular weight is 297 g/mol. The van der Waals surface area contributed by atoms with Crippen molar-refractivity contribution in [1.29, 1.82) is 0 Å². The highest BCUT2D eigenvalue weighted by Crippen LogP contribution is 2.27. The van der Waals surface area contributed by atoms with E-state index in [9.17, 15) is 12.8 Å². The van der Waals surface area contributed by atoms with Crippen LogP contribution in [0.4, 0.5) is 10.1 Å². The van der Waals surface area contributed by atoms with Crippen LogP contribution in [-0.2, 0) is 10.0 Å². The maximum atomic E-state index is 13.5. The monoisotopic (exact) mass is 296 g/mol. The molecule has 0 spiro atoms. The molecule has 0 heterocycles. The normalized spacial score (nSPS) is 12.1. The molecule has 4 nitrogen and oxygen atoms in total. The summed E-state index contributed by atoms with van der Waals surface area (Å²) in [6, 6.07) is 2.40. The average Bonchev–Trinajstić information content (AvgIpc) is 2.10. The largest absolute Gasteiger partial charge is 0.399 e. The van der Waals surface area contributed by atoms with Crippen molar-refractivity contribution in [2.24, 2.45) is 0 Å². The molecule has 0 radical (unpaired) electrons. The Morgan fingerprint density at radius 1 is 1.40 bits per heavy atom. The highest BCUT2D eigenvalue weighted by atomic mass is 79.9. The molecule has 0 aromatic heterocycles. The van der Waals surface area contributed by atoms with Crippen molar-refractivity contribution >= 4 is 31.6 Å². The SMILES string of the molecule is CN(C)S(=O)(=O)c1cc(N)cc(Br)c1F. The molecule has 0 unspecified atom stereocenters. The molecule has 0 saturated heterocycles. The Morgan fingerprint density at radius 2 is 1.93 bits per heavy atom. The Kier molecular flexibility index (Phi) is 3.37. The summed E-state index contributed by atoms with van der Waals surface area (Å²) >= 11 is 2.90. The maximum Gasteiger partial charge on any atom is 0.245 e. The van der Waals surface area contributed by atoms with Crippen LogP contribution in [0.25, 0.3) is 0 Å². The molecule has 1 aromatic carbocycles. The van der Waals surface area contributed by atoms with Gasteiger partial charge in [-0.2, -0.15) is 0 Å². The van der Waals surface area contributed by atoms with Gasteiger partial charge in [-0.15, -0.1) is 0 Å². The number of nitrogens with zero attached hydrogens (tertiary/aromatic N) is 1. The first kappa shape index (κ1) is 12.4. The summed E-state index contributed by atoms with van der Waals surface area (Å²) in [7, 11) is -1.15. The van der Waals surface area contributed by atoms with Crippen molar-refractivity contribution in [3.05, 3.63) is 22.4 Å². The lowest BCUT2D eigenvalue weighted by Gasteiger charge is -2.13. The van der Waals surface area contributed by atoms with Gasteiger partial charge in [-0.1, -0.05) is 0 Å². The summed E-state index contributed by atoms with van der Waals surface area (Å²) in [4.78, 5) is -0.431. The minimum Gasteiger partial charge on any atom is -0.399 e. The number of hydrogen-bond acceptors (Lipinski definition) is 3. The zero-order chi connectivity index (χ0) is 11.8. The Balaban J connectivity index is 3.52. The minimum atomic E-state index is -3.80. The van der Waals surface area contributed by atoms with E-state index in [0.717, 1.165) is 10.4 Å². The van der Waals surface area contributed by atoms with Crippen LogP contribution in [0.15, 0.2) is 21.5 Å². The zero-order valence-corrected chi connectivity index (χ0v) is 10.6. The zero-order valence-electron chi connectivity index (χ0n) is 8.16. The number of sulfonamides is 1. The van der Waals surface area contributed by atoms with Crippen molar-refractivity contribution in [3.63, 3.8) is 0 Å². The van der Waals surface area contributed by atoms with E-state index >= 15 is 0 Å². The van der Waals surface area contributed by atoms with Gasteiger partial charge in [0.2, 0.25) is 10.0 Å². The van der Waals surface area contributed by atoms with Gasteiger partial charge in [0.05, 0.1) is 4.47 Å². The fourth-order valence-corrected chi connectivity index (χ4v) is 2.59. The fraction of sp³-hybridized carbons (Fsp3) is 0.250. The molecule has 0 atom stereocenters. The standard InChI is InChI=1S/C8H10BrFN2O2S/c1-12(2)15(13,14)7-4-5(11)3-6(9)8(7)10/h3-4H,11H2,1-2H3. The van der Waals surface area contributed by atoms with E-state index in [1.54, 1.807) is 0 Å². The van der Waals surface area contributed by atoms with Gasteiger partial charge >= 0.3 is 0 Å². The van der Waals surface area contributed by atoms with Crippen molar-refractivity contribution in [1.82, 2.24) is 4.31 Å². The molecular weight excluding hydrogens is 287 g/mol. The number of nitrogens with two attached hydrogens (primary N) is 1. The summed E-state index contributed by atoms with van der Waals surface area (Å²) in [6.45, 7) is 0. The molecule has 1 aromatic rings. The number of halogens is 2. The highest BCUT2D eigenvalue weighted by molar-refractivity contribution is 9.10. The number of benzene rings is 1. The summed E-state index contributed by atoms with van der Waals surface area (Å²) in [5, 5.41) is 0. The lowest BCUT2D eigenvalue weighted by Crippen LogP contribution is -2.23. The third-order valence-electron chi connectivity index (χ3n) is 1.78. The first-order valence-corrected chi connectivity index (χ1v) is 6.17. The second kappa shape index (κ2) is 4.07. The third kappa shape index (κ3) is 2.30. The second-order valence-electron chi connectivity index (χ2n) is 3.10. The van der Waals surface area contributed by atoms with Crippen molar-refractivity contribution < 1.29 is 12.8 Å². The van der Waals surface area contributed by atoms with Crippen LogP contribution in [-0.4, -0.2) is 26.8 Å². The molecule has 0 amide bonds. The number of rotatable bonds is 2. The van der Waals surface area contributed by atoms with E-state index < -0.39 is 20.7 Å². The third-order valence-corrected chi connectivity index (χ3v) is 4.17. The van der Waals surface area contributed by atoms with Crippen molar-refractivity contribution in [3.8, 4) is 0 Å². The molecule has 0 aliphatic carbocycles. The van der Waals surface area contributed by atoms with Gasteiger partial charge in [0, 0.05) is 19.8 Å². The van der Waals surface area contributed by atoms with Crippen LogP contribution in [0.3, 0.4) is 0 Å². The highest BCUT2D eigenvalue weighted by Gasteiger charge is 2.23. The second-order valence-corrected chi connectivity index (χ2v) is 6.08. The number of nitrogen functional groups attached to an aromatic ring is 1. The van der Waals surface area contributed by atoms with Crippen LogP contribution < -0.4 is 5.73 Å². The Hall–Kier alpha value is -0.660. The first-order valence-electron chi connectivity index (χ1n) is 3.94. The summed E-state index contributed by atoms with van der Waals surface area (Å²) < 4.78 is 37.8. The lowest BCUT2D eigenvalue weighted by atomic mass is 10.3. The Morgan fingerprint density at radius 3 is 2.40 bits per heavy atom. The molecule has 7 heteroatoms. The molecule has 15 heavy (non-hydrogen) atoms. The van der Waals surface area contributed by atoms with Gasteiger partial charge in [-0.25, -0.2) is 17.1 Å². The van der Waals surface area contributed by atoms with E-state index in [0.29, 0.717) is 0 Å². The number of anilines is 1. The maximum absolute atomic E-state index is 13.5. The topological polar surface area (TPSA) is 63.4 Å². The molecule has 0 bridgehead atoms. The minimum absolute atomic E-state index is 0.0305. The molecule has 0 fully saturated rings. The van der Waals surface area contributed by atoms with E-state index in [1.165, 1.54) is 20.2 Å². The van der Waals surface area contributed by atoms with Crippen LogP contribution in [0.1, 0.15) is 0 Å². The van der Waals surface area contributed by atoms with Crippen LogP contribution in [0.5, 0.6) is 0 Å². The van der Waals surface area contributed by atoms with Crippen LogP contribution in [0.2, 0.25) is 0 Å². The molecular formula is C8H10BrFN2O2S. The first-order chi connectivity index (χ1) is 6.76. The van der Waals surface area contributed by atoms with Gasteiger partial charge in [0.15, 0.2) is 5.82 Å². The smallest absolute Gasteiger partial charge is 0.245 e. The molecule has 2 N–H and O–H groups in total. The quantitative estimate of drug-likeness (QED) is 0.840. The Bertz CT molecular complexity index is 488. The molecule has 1 rings (SSSR count). The number of hydrogen-bond donors (Lipinski definition) is 1. The van der Waals surface area contributed by atoms with Gasteiger partial charge in [-0.05, 0) is 28.1 Å².